The second-order valence-electron chi connectivity index (χ2n) is 8.66. The van der Waals surface area contributed by atoms with E-state index in [0.29, 0.717) is 25.8 Å². The van der Waals surface area contributed by atoms with Crippen molar-refractivity contribution in [3.63, 3.8) is 0 Å². The number of hydrogen-bond acceptors (Lipinski definition) is 6. The summed E-state index contributed by atoms with van der Waals surface area (Å²) in [6.07, 6.45) is 7.07. The first-order chi connectivity index (χ1) is 15.4. The standard InChI is InChI=1S/C22H32N4O6/c23-22(31)32-18-7-4-10-26(21(18)30)17(11-14-5-2-1-3-6-14)20(29)25-16(13-27)12-15-8-9-24-19(15)28/h4,7,10,14-17,27H,1-3,5-6,8-9,11-13H2,(H2,23,31)(H,24,28)(H,25,29)/t15-,16?,17?/m0/s1. The highest BCUT2D eigenvalue weighted by Crippen LogP contribution is 2.31. The fraction of sp³-hybridized carbons (Fsp3) is 0.636. The molecule has 176 valence electrons. The molecule has 1 saturated heterocycles. The Kier molecular flexibility index (Phi) is 8.26. The van der Waals surface area contributed by atoms with Crippen molar-refractivity contribution >= 4 is 17.9 Å². The zero-order valence-corrected chi connectivity index (χ0v) is 18.1. The van der Waals surface area contributed by atoms with Crippen LogP contribution in [-0.4, -0.2) is 46.8 Å². The third-order valence-corrected chi connectivity index (χ3v) is 6.37. The van der Waals surface area contributed by atoms with Crippen molar-refractivity contribution in [1.29, 1.82) is 0 Å². The molecule has 2 aliphatic rings. The zero-order valence-electron chi connectivity index (χ0n) is 18.1. The van der Waals surface area contributed by atoms with Crippen LogP contribution in [0.5, 0.6) is 5.75 Å². The summed E-state index contributed by atoms with van der Waals surface area (Å²) < 4.78 is 6.06. The molecule has 2 heterocycles. The highest BCUT2D eigenvalue weighted by molar-refractivity contribution is 5.82. The van der Waals surface area contributed by atoms with E-state index < -0.39 is 29.6 Å². The Morgan fingerprint density at radius 2 is 1.97 bits per heavy atom. The van der Waals surface area contributed by atoms with Crippen LogP contribution in [0.15, 0.2) is 23.1 Å². The van der Waals surface area contributed by atoms with Crippen LogP contribution >= 0.6 is 0 Å². The third-order valence-electron chi connectivity index (χ3n) is 6.37. The molecule has 0 bridgehead atoms. The predicted molar refractivity (Wildman–Crippen MR) is 116 cm³/mol. The quantitative estimate of drug-likeness (QED) is 0.439. The van der Waals surface area contributed by atoms with Gasteiger partial charge in [-0.25, -0.2) is 4.79 Å². The molecule has 0 radical (unpaired) electrons. The van der Waals surface area contributed by atoms with Gasteiger partial charge in [-0.15, -0.1) is 0 Å². The van der Waals surface area contributed by atoms with Gasteiger partial charge in [-0.2, -0.15) is 0 Å². The number of pyridine rings is 1. The molecule has 2 unspecified atom stereocenters. The predicted octanol–water partition coefficient (Wildman–Crippen LogP) is 0.821. The Hall–Kier alpha value is -2.88. The van der Waals surface area contributed by atoms with Crippen LogP contribution < -0.4 is 26.7 Å². The lowest BCUT2D eigenvalue weighted by Gasteiger charge is -2.29. The summed E-state index contributed by atoms with van der Waals surface area (Å²) in [5, 5.41) is 15.4. The number of aromatic nitrogens is 1. The smallest absolute Gasteiger partial charge is 0.405 e. The molecule has 0 aromatic carbocycles. The number of nitrogens with one attached hydrogen (secondary N) is 2. The van der Waals surface area contributed by atoms with Gasteiger partial charge in [-0.1, -0.05) is 32.1 Å². The van der Waals surface area contributed by atoms with E-state index >= 15 is 0 Å². The van der Waals surface area contributed by atoms with Gasteiger partial charge in [-0.05, 0) is 37.3 Å². The molecule has 3 rings (SSSR count). The van der Waals surface area contributed by atoms with Gasteiger partial charge in [0, 0.05) is 18.7 Å². The molecule has 2 fully saturated rings. The van der Waals surface area contributed by atoms with Crippen LogP contribution in [-0.2, 0) is 9.59 Å². The maximum atomic E-state index is 13.3. The van der Waals surface area contributed by atoms with Crippen LogP contribution in [0.2, 0.25) is 0 Å². The Morgan fingerprint density at radius 1 is 1.22 bits per heavy atom. The first kappa shape index (κ1) is 23.8. The number of ether oxygens (including phenoxy) is 1. The van der Waals surface area contributed by atoms with Gasteiger partial charge >= 0.3 is 6.09 Å². The Morgan fingerprint density at radius 3 is 2.59 bits per heavy atom. The maximum absolute atomic E-state index is 13.3. The summed E-state index contributed by atoms with van der Waals surface area (Å²) in [6.45, 7) is 0.271. The summed E-state index contributed by atoms with van der Waals surface area (Å²) in [7, 11) is 0. The van der Waals surface area contributed by atoms with Crippen molar-refractivity contribution in [2.75, 3.05) is 13.2 Å². The molecule has 10 heteroatoms. The SMILES string of the molecule is NC(=O)Oc1cccn(C(CC2CCCCC2)C(=O)NC(CO)C[C@@H]2CCNC2=O)c1=O. The van der Waals surface area contributed by atoms with E-state index in [1.807, 2.05) is 0 Å². The first-order valence-corrected chi connectivity index (χ1v) is 11.3. The summed E-state index contributed by atoms with van der Waals surface area (Å²) in [4.78, 5) is 49.3. The van der Waals surface area contributed by atoms with Gasteiger partial charge in [-0.3, -0.25) is 19.0 Å². The molecule has 1 aliphatic carbocycles. The van der Waals surface area contributed by atoms with Crippen molar-refractivity contribution < 1.29 is 24.2 Å². The monoisotopic (exact) mass is 448 g/mol. The lowest BCUT2D eigenvalue weighted by Crippen LogP contribution is -2.45. The third kappa shape index (κ3) is 6.09. The molecule has 3 atom stereocenters. The molecule has 32 heavy (non-hydrogen) atoms. The Balaban J connectivity index is 1.81. The molecule has 1 aromatic heterocycles. The number of nitrogens with two attached hydrogens (primary N) is 1. The van der Waals surface area contributed by atoms with E-state index in [9.17, 15) is 24.3 Å². The van der Waals surface area contributed by atoms with Crippen molar-refractivity contribution in [3.05, 3.63) is 28.7 Å². The largest absolute Gasteiger partial charge is 0.410 e. The number of rotatable bonds is 9. The first-order valence-electron chi connectivity index (χ1n) is 11.3. The second-order valence-corrected chi connectivity index (χ2v) is 8.66. The molecule has 1 aliphatic heterocycles. The van der Waals surface area contributed by atoms with E-state index in [4.69, 9.17) is 10.5 Å². The van der Waals surface area contributed by atoms with E-state index in [1.165, 1.54) is 22.9 Å². The number of nitrogens with zero attached hydrogens (tertiary/aromatic N) is 1. The lowest BCUT2D eigenvalue weighted by molar-refractivity contribution is -0.127. The minimum atomic E-state index is -1.11. The fourth-order valence-electron chi connectivity index (χ4n) is 4.70. The molecule has 5 N–H and O–H groups in total. The van der Waals surface area contributed by atoms with Gasteiger partial charge in [0.25, 0.3) is 5.56 Å². The highest BCUT2D eigenvalue weighted by atomic mass is 16.5. The number of aliphatic hydroxyl groups excluding tert-OH is 1. The number of primary amides is 1. The van der Waals surface area contributed by atoms with Crippen molar-refractivity contribution in [3.8, 4) is 5.75 Å². The van der Waals surface area contributed by atoms with E-state index in [1.54, 1.807) is 0 Å². The van der Waals surface area contributed by atoms with Crippen LogP contribution in [0.25, 0.3) is 0 Å². The van der Waals surface area contributed by atoms with Crippen LogP contribution in [0.1, 0.15) is 57.4 Å². The van der Waals surface area contributed by atoms with E-state index in [-0.39, 0.29) is 30.1 Å². The average Bonchev–Trinajstić information content (AvgIpc) is 3.18. The number of hydrogen-bond donors (Lipinski definition) is 4. The molecule has 1 saturated carbocycles. The van der Waals surface area contributed by atoms with Gasteiger partial charge in [0.2, 0.25) is 11.8 Å². The number of carbonyl (C=O) groups is 3. The Bertz CT molecular complexity index is 879. The molecule has 3 amide bonds. The molecule has 10 nitrogen and oxygen atoms in total. The molecule has 0 spiro atoms. The molecular weight excluding hydrogens is 416 g/mol. The van der Waals surface area contributed by atoms with E-state index in [0.717, 1.165) is 32.1 Å². The fourth-order valence-corrected chi connectivity index (χ4v) is 4.70. The van der Waals surface area contributed by atoms with Crippen molar-refractivity contribution in [1.82, 2.24) is 15.2 Å². The summed E-state index contributed by atoms with van der Waals surface area (Å²) in [5.41, 5.74) is 4.43. The zero-order chi connectivity index (χ0) is 23.1. The van der Waals surface area contributed by atoms with Crippen molar-refractivity contribution in [2.45, 2.75) is 63.5 Å². The number of aliphatic hydroxyl groups is 1. The van der Waals surface area contributed by atoms with Crippen molar-refractivity contribution in [2.24, 2.45) is 17.6 Å². The summed E-state index contributed by atoms with van der Waals surface area (Å²) in [6, 6.07) is 1.40. The topological polar surface area (TPSA) is 153 Å². The minimum absolute atomic E-state index is 0.0797. The average molecular weight is 449 g/mol. The second kappa shape index (κ2) is 11.1. The van der Waals surface area contributed by atoms with Crippen LogP contribution in [0.4, 0.5) is 4.79 Å². The number of amides is 3. The van der Waals surface area contributed by atoms with Gasteiger partial charge < -0.3 is 26.2 Å². The minimum Gasteiger partial charge on any atom is -0.405 e. The van der Waals surface area contributed by atoms with Gasteiger partial charge in [0.05, 0.1) is 12.6 Å². The number of carbonyl (C=O) groups excluding carboxylic acids is 3. The van der Waals surface area contributed by atoms with Gasteiger partial charge in [0.15, 0.2) is 5.75 Å². The van der Waals surface area contributed by atoms with E-state index in [2.05, 4.69) is 10.6 Å². The lowest BCUT2D eigenvalue weighted by atomic mass is 9.84. The van der Waals surface area contributed by atoms with Crippen LogP contribution in [0.3, 0.4) is 0 Å². The Labute approximate surface area is 186 Å². The van der Waals surface area contributed by atoms with Crippen LogP contribution in [0, 0.1) is 11.8 Å². The normalized spacial score (nSPS) is 20.9. The summed E-state index contributed by atoms with van der Waals surface area (Å²) in [5.74, 6) is -0.724. The highest BCUT2D eigenvalue weighted by Gasteiger charge is 2.31. The maximum Gasteiger partial charge on any atom is 0.410 e. The van der Waals surface area contributed by atoms with Gasteiger partial charge in [0.1, 0.15) is 6.04 Å². The summed E-state index contributed by atoms with van der Waals surface area (Å²) >= 11 is 0. The molecule has 1 aromatic rings. The molecular formula is C22H32N4O6.